The highest BCUT2D eigenvalue weighted by molar-refractivity contribution is 5.31. The van der Waals surface area contributed by atoms with E-state index in [1.54, 1.807) is 24.5 Å². The molecule has 0 aliphatic heterocycles. The van der Waals surface area contributed by atoms with Crippen LogP contribution in [0.5, 0.6) is 5.75 Å². The average molecular weight is 260 g/mol. The Hall–Kier alpha value is -1.94. The third kappa shape index (κ3) is 3.29. The smallest absolute Gasteiger partial charge is 0.131 e. The van der Waals surface area contributed by atoms with Gasteiger partial charge in [0, 0.05) is 30.1 Å². The molecule has 0 radical (unpaired) electrons. The fraction of sp³-hybridized carbons (Fsp3) is 0.267. The molecule has 100 valence electrons. The second kappa shape index (κ2) is 6.29. The number of methoxy groups -OCH3 is 1. The molecule has 4 heteroatoms. The predicted molar refractivity (Wildman–Crippen MR) is 72.7 cm³/mol. The lowest BCUT2D eigenvalue weighted by Gasteiger charge is -2.18. The van der Waals surface area contributed by atoms with Gasteiger partial charge in [-0.05, 0) is 37.2 Å². The van der Waals surface area contributed by atoms with Crippen LogP contribution in [-0.4, -0.2) is 19.1 Å². The molecular weight excluding hydrogens is 243 g/mol. The van der Waals surface area contributed by atoms with Crippen LogP contribution in [0.3, 0.4) is 0 Å². The summed E-state index contributed by atoms with van der Waals surface area (Å²) in [5.41, 5.74) is 1.75. The number of hydrogen-bond donors (Lipinski definition) is 1. The minimum Gasteiger partial charge on any atom is -0.497 e. The van der Waals surface area contributed by atoms with Crippen molar-refractivity contribution in [3.8, 4) is 5.75 Å². The first-order valence-corrected chi connectivity index (χ1v) is 6.14. The van der Waals surface area contributed by atoms with E-state index in [1.165, 1.54) is 13.2 Å². The fourth-order valence-electron chi connectivity index (χ4n) is 2.04. The third-order valence-corrected chi connectivity index (χ3v) is 3.12. The van der Waals surface area contributed by atoms with Crippen LogP contribution in [0.4, 0.5) is 4.39 Å². The zero-order chi connectivity index (χ0) is 13.7. The molecule has 0 aliphatic rings. The summed E-state index contributed by atoms with van der Waals surface area (Å²) in [6, 6.07) is 8.74. The Labute approximate surface area is 112 Å². The van der Waals surface area contributed by atoms with Gasteiger partial charge in [-0.25, -0.2) is 4.39 Å². The molecule has 0 aliphatic carbocycles. The highest BCUT2D eigenvalue weighted by atomic mass is 19.1. The molecule has 1 aromatic carbocycles. The zero-order valence-electron chi connectivity index (χ0n) is 11.1. The maximum atomic E-state index is 14.0. The molecule has 0 saturated carbocycles. The lowest BCUT2D eigenvalue weighted by atomic mass is 9.99. The highest BCUT2D eigenvalue weighted by Gasteiger charge is 2.15. The Morgan fingerprint density at radius 1 is 1.26 bits per heavy atom. The molecular formula is C15H17FN2O. The van der Waals surface area contributed by atoms with Crippen LogP contribution in [0.1, 0.15) is 17.2 Å². The van der Waals surface area contributed by atoms with E-state index in [-0.39, 0.29) is 11.9 Å². The summed E-state index contributed by atoms with van der Waals surface area (Å²) in [5, 5.41) is 3.14. The number of pyridine rings is 1. The number of nitrogens with one attached hydrogen (secondary N) is 1. The molecule has 1 N–H and O–H groups in total. The van der Waals surface area contributed by atoms with Crippen molar-refractivity contribution in [1.82, 2.24) is 10.3 Å². The van der Waals surface area contributed by atoms with E-state index in [0.29, 0.717) is 17.7 Å². The monoisotopic (exact) mass is 260 g/mol. The van der Waals surface area contributed by atoms with E-state index < -0.39 is 0 Å². The molecule has 1 heterocycles. The molecule has 0 fully saturated rings. The van der Waals surface area contributed by atoms with Gasteiger partial charge in [0.2, 0.25) is 0 Å². The summed E-state index contributed by atoms with van der Waals surface area (Å²) in [6.45, 7) is 0. The molecule has 3 nitrogen and oxygen atoms in total. The molecule has 0 spiro atoms. The predicted octanol–water partition coefficient (Wildman–Crippen LogP) is 2.73. The molecule has 2 aromatic rings. The van der Waals surface area contributed by atoms with Crippen molar-refractivity contribution in [2.75, 3.05) is 14.2 Å². The van der Waals surface area contributed by atoms with Crippen LogP contribution in [-0.2, 0) is 6.42 Å². The van der Waals surface area contributed by atoms with Crippen molar-refractivity contribution >= 4 is 0 Å². The van der Waals surface area contributed by atoms with Crippen molar-refractivity contribution in [3.05, 3.63) is 59.7 Å². The summed E-state index contributed by atoms with van der Waals surface area (Å²) >= 11 is 0. The second-order valence-electron chi connectivity index (χ2n) is 4.29. The van der Waals surface area contributed by atoms with Crippen molar-refractivity contribution in [3.63, 3.8) is 0 Å². The van der Waals surface area contributed by atoms with E-state index in [0.717, 1.165) is 5.56 Å². The van der Waals surface area contributed by atoms with E-state index in [2.05, 4.69) is 10.3 Å². The fourth-order valence-corrected chi connectivity index (χ4v) is 2.04. The minimum atomic E-state index is -0.257. The first-order valence-electron chi connectivity index (χ1n) is 6.14. The SMILES string of the molecule is CNC(Cc1ccncc1)c1ccc(OC)cc1F. The number of nitrogens with zero attached hydrogens (tertiary/aromatic N) is 1. The average Bonchev–Trinajstić information content (AvgIpc) is 2.46. The van der Waals surface area contributed by atoms with Crippen LogP contribution in [0.15, 0.2) is 42.7 Å². The van der Waals surface area contributed by atoms with Crippen molar-refractivity contribution < 1.29 is 9.13 Å². The molecule has 1 unspecified atom stereocenters. The van der Waals surface area contributed by atoms with Crippen LogP contribution < -0.4 is 10.1 Å². The van der Waals surface area contributed by atoms with Crippen molar-refractivity contribution in [2.45, 2.75) is 12.5 Å². The molecule has 0 saturated heterocycles. The van der Waals surface area contributed by atoms with Gasteiger partial charge in [0.25, 0.3) is 0 Å². The van der Waals surface area contributed by atoms with E-state index >= 15 is 0 Å². The van der Waals surface area contributed by atoms with Gasteiger partial charge in [-0.3, -0.25) is 4.98 Å². The molecule has 2 rings (SSSR count). The van der Waals surface area contributed by atoms with Crippen LogP contribution in [0, 0.1) is 5.82 Å². The van der Waals surface area contributed by atoms with E-state index in [1.807, 2.05) is 19.2 Å². The largest absolute Gasteiger partial charge is 0.497 e. The number of benzene rings is 1. The number of aromatic nitrogens is 1. The van der Waals surface area contributed by atoms with Crippen LogP contribution >= 0.6 is 0 Å². The number of hydrogen-bond acceptors (Lipinski definition) is 3. The van der Waals surface area contributed by atoms with E-state index in [9.17, 15) is 4.39 Å². The Kier molecular flexibility index (Phi) is 4.47. The number of ether oxygens (including phenoxy) is 1. The molecule has 19 heavy (non-hydrogen) atoms. The van der Waals surface area contributed by atoms with Crippen LogP contribution in [0.2, 0.25) is 0 Å². The second-order valence-corrected chi connectivity index (χ2v) is 4.29. The Morgan fingerprint density at radius 2 is 2.00 bits per heavy atom. The number of halogens is 1. The molecule has 1 aromatic heterocycles. The first-order chi connectivity index (χ1) is 9.24. The number of rotatable bonds is 5. The Morgan fingerprint density at radius 3 is 2.58 bits per heavy atom. The van der Waals surface area contributed by atoms with Gasteiger partial charge in [-0.1, -0.05) is 6.07 Å². The van der Waals surface area contributed by atoms with Crippen molar-refractivity contribution in [1.29, 1.82) is 0 Å². The van der Waals surface area contributed by atoms with Gasteiger partial charge in [0.15, 0.2) is 0 Å². The molecule has 0 amide bonds. The topological polar surface area (TPSA) is 34.2 Å². The quantitative estimate of drug-likeness (QED) is 0.897. The summed E-state index contributed by atoms with van der Waals surface area (Å²) < 4.78 is 19.1. The summed E-state index contributed by atoms with van der Waals surface area (Å²) in [4.78, 5) is 3.98. The normalized spacial score (nSPS) is 12.2. The van der Waals surface area contributed by atoms with Gasteiger partial charge in [0.1, 0.15) is 11.6 Å². The van der Waals surface area contributed by atoms with Gasteiger partial charge in [-0.15, -0.1) is 0 Å². The lowest BCUT2D eigenvalue weighted by molar-refractivity contribution is 0.409. The van der Waals surface area contributed by atoms with Gasteiger partial charge in [0.05, 0.1) is 7.11 Å². The first kappa shape index (κ1) is 13.5. The number of likely N-dealkylation sites (N-methyl/N-ethyl adjacent to an activating group) is 1. The Balaban J connectivity index is 2.22. The van der Waals surface area contributed by atoms with Gasteiger partial charge < -0.3 is 10.1 Å². The van der Waals surface area contributed by atoms with E-state index in [4.69, 9.17) is 4.74 Å². The maximum Gasteiger partial charge on any atom is 0.131 e. The van der Waals surface area contributed by atoms with Gasteiger partial charge in [-0.2, -0.15) is 0 Å². The molecule has 1 atom stereocenters. The minimum absolute atomic E-state index is 0.0756. The summed E-state index contributed by atoms with van der Waals surface area (Å²) in [7, 11) is 3.36. The molecule has 0 bridgehead atoms. The lowest BCUT2D eigenvalue weighted by Crippen LogP contribution is -2.20. The maximum absolute atomic E-state index is 14.0. The summed E-state index contributed by atoms with van der Waals surface area (Å²) in [5.74, 6) is 0.271. The Bertz CT molecular complexity index is 531. The third-order valence-electron chi connectivity index (χ3n) is 3.12. The van der Waals surface area contributed by atoms with Crippen LogP contribution in [0.25, 0.3) is 0 Å². The zero-order valence-corrected chi connectivity index (χ0v) is 11.1. The van der Waals surface area contributed by atoms with Gasteiger partial charge >= 0.3 is 0 Å². The summed E-state index contributed by atoms with van der Waals surface area (Å²) in [6.07, 6.45) is 4.20. The van der Waals surface area contributed by atoms with Crippen molar-refractivity contribution in [2.24, 2.45) is 0 Å². The standard InChI is InChI=1S/C15H17FN2O/c1-17-15(9-11-5-7-18-8-6-11)13-4-3-12(19-2)10-14(13)16/h3-8,10,15,17H,9H2,1-2H3. The highest BCUT2D eigenvalue weighted by Crippen LogP contribution is 2.24.